The molecule has 1 fully saturated rings. The number of carbonyl (C=O) groups excluding carboxylic acids is 1. The number of nitrogens with zero attached hydrogens (tertiary/aromatic N) is 1. The average molecular weight is 213 g/mol. The van der Waals surface area contributed by atoms with E-state index in [0.29, 0.717) is 12.5 Å². The zero-order valence-electron chi connectivity index (χ0n) is 9.99. The Hall–Kier alpha value is -0.610. The van der Waals surface area contributed by atoms with Crippen LogP contribution in [0.5, 0.6) is 0 Å². The van der Waals surface area contributed by atoms with Crippen LogP contribution in [0.2, 0.25) is 0 Å². The van der Waals surface area contributed by atoms with Gasteiger partial charge in [0, 0.05) is 26.1 Å². The van der Waals surface area contributed by atoms with Gasteiger partial charge in [0.1, 0.15) is 0 Å². The van der Waals surface area contributed by atoms with Gasteiger partial charge in [0.2, 0.25) is 5.91 Å². The van der Waals surface area contributed by atoms with Crippen LogP contribution in [-0.4, -0.2) is 44.0 Å². The highest BCUT2D eigenvalue weighted by Gasteiger charge is 2.33. The molecule has 0 aromatic heterocycles. The molecule has 0 unspecified atom stereocenters. The summed E-state index contributed by atoms with van der Waals surface area (Å²) in [5.74, 6) is 1.41. The first-order chi connectivity index (χ1) is 6.99. The predicted molar refractivity (Wildman–Crippen MR) is 61.4 cm³/mol. The molecule has 1 amide bonds. The predicted octanol–water partition coefficient (Wildman–Crippen LogP) is 0.0376. The lowest BCUT2D eigenvalue weighted by Crippen LogP contribution is -2.47. The van der Waals surface area contributed by atoms with E-state index < -0.39 is 0 Å². The highest BCUT2D eigenvalue weighted by atomic mass is 16.1. The molecule has 1 rings (SSSR count). The van der Waals surface area contributed by atoms with E-state index in [0.717, 1.165) is 12.5 Å². The average Bonchev–Trinajstić information content (AvgIpc) is 2.06. The summed E-state index contributed by atoms with van der Waals surface area (Å²) in [5, 5.41) is 2.78. The summed E-state index contributed by atoms with van der Waals surface area (Å²) in [6.45, 7) is 3.31. The number of hydrogen-bond donors (Lipinski definition) is 2. The molecule has 0 spiro atoms. The Morgan fingerprint density at radius 1 is 1.53 bits per heavy atom. The van der Waals surface area contributed by atoms with Crippen LogP contribution in [0.15, 0.2) is 0 Å². The van der Waals surface area contributed by atoms with E-state index >= 15 is 0 Å². The van der Waals surface area contributed by atoms with Gasteiger partial charge in [-0.2, -0.15) is 0 Å². The lowest BCUT2D eigenvalue weighted by Gasteiger charge is -2.40. The Bertz CT molecular complexity index is 212. The molecule has 15 heavy (non-hydrogen) atoms. The molecule has 4 heteroatoms. The third-order valence-electron chi connectivity index (χ3n) is 3.09. The quantitative estimate of drug-likeness (QED) is 0.678. The number of nitrogens with two attached hydrogens (primary N) is 1. The number of amides is 1. The van der Waals surface area contributed by atoms with Gasteiger partial charge in [0.15, 0.2) is 0 Å². The molecule has 1 saturated carbocycles. The van der Waals surface area contributed by atoms with Gasteiger partial charge in [-0.05, 0) is 38.8 Å². The molecule has 0 heterocycles. The van der Waals surface area contributed by atoms with E-state index in [-0.39, 0.29) is 11.9 Å². The minimum absolute atomic E-state index is 0.00890. The summed E-state index contributed by atoms with van der Waals surface area (Å²) < 4.78 is 0. The molecule has 1 aliphatic rings. The Morgan fingerprint density at radius 2 is 2.13 bits per heavy atom. The van der Waals surface area contributed by atoms with Gasteiger partial charge in [0.05, 0.1) is 0 Å². The van der Waals surface area contributed by atoms with Crippen molar-refractivity contribution >= 4 is 5.91 Å². The maximum Gasteiger partial charge on any atom is 0.216 e. The smallest absolute Gasteiger partial charge is 0.216 e. The van der Waals surface area contributed by atoms with E-state index in [9.17, 15) is 4.79 Å². The fraction of sp³-hybridized carbons (Fsp3) is 0.909. The van der Waals surface area contributed by atoms with Crippen LogP contribution in [-0.2, 0) is 4.79 Å². The first-order valence-electron chi connectivity index (χ1n) is 5.63. The van der Waals surface area contributed by atoms with Crippen molar-refractivity contribution in [1.29, 1.82) is 0 Å². The SMILES string of the molecule is CC(=O)NC[C@H](N)C1CC(CN(C)C)C1. The van der Waals surface area contributed by atoms with Crippen molar-refractivity contribution in [3.63, 3.8) is 0 Å². The van der Waals surface area contributed by atoms with Crippen LogP contribution in [0.1, 0.15) is 19.8 Å². The first kappa shape index (κ1) is 12.5. The van der Waals surface area contributed by atoms with Crippen molar-refractivity contribution < 1.29 is 4.79 Å². The van der Waals surface area contributed by atoms with Gasteiger partial charge in [-0.15, -0.1) is 0 Å². The highest BCUT2D eigenvalue weighted by Crippen LogP contribution is 2.35. The summed E-state index contributed by atoms with van der Waals surface area (Å²) in [7, 11) is 4.20. The Labute approximate surface area is 92.2 Å². The van der Waals surface area contributed by atoms with E-state index in [1.807, 2.05) is 0 Å². The largest absolute Gasteiger partial charge is 0.355 e. The molecule has 0 aliphatic heterocycles. The Kier molecular flexibility index (Phi) is 4.54. The number of nitrogens with one attached hydrogen (secondary N) is 1. The molecule has 4 nitrogen and oxygen atoms in total. The molecule has 0 saturated heterocycles. The van der Waals surface area contributed by atoms with Gasteiger partial charge in [-0.25, -0.2) is 0 Å². The normalized spacial score (nSPS) is 27.3. The zero-order chi connectivity index (χ0) is 11.4. The van der Waals surface area contributed by atoms with Crippen molar-refractivity contribution in [3.8, 4) is 0 Å². The Morgan fingerprint density at radius 3 is 2.60 bits per heavy atom. The third kappa shape index (κ3) is 4.18. The van der Waals surface area contributed by atoms with Gasteiger partial charge in [-0.3, -0.25) is 4.79 Å². The zero-order valence-corrected chi connectivity index (χ0v) is 9.99. The second-order valence-corrected chi connectivity index (χ2v) is 4.96. The minimum atomic E-state index is 0.00890. The summed E-state index contributed by atoms with van der Waals surface area (Å²) in [4.78, 5) is 12.9. The van der Waals surface area contributed by atoms with Gasteiger partial charge < -0.3 is 16.0 Å². The minimum Gasteiger partial charge on any atom is -0.355 e. The van der Waals surface area contributed by atoms with Gasteiger partial charge in [0.25, 0.3) is 0 Å². The van der Waals surface area contributed by atoms with Crippen LogP contribution < -0.4 is 11.1 Å². The standard InChI is InChI=1S/C11H23N3O/c1-8(15)13-6-11(12)10-4-9(5-10)7-14(2)3/h9-11H,4-7,12H2,1-3H3,(H,13,15)/t9?,10?,11-/m0/s1. The molecule has 0 radical (unpaired) electrons. The second-order valence-electron chi connectivity index (χ2n) is 4.96. The Balaban J connectivity index is 2.12. The first-order valence-corrected chi connectivity index (χ1v) is 5.63. The van der Waals surface area contributed by atoms with Crippen molar-refractivity contribution in [1.82, 2.24) is 10.2 Å². The van der Waals surface area contributed by atoms with Crippen LogP contribution in [0.4, 0.5) is 0 Å². The van der Waals surface area contributed by atoms with Crippen molar-refractivity contribution in [3.05, 3.63) is 0 Å². The van der Waals surface area contributed by atoms with Crippen molar-refractivity contribution in [2.24, 2.45) is 17.6 Å². The molecule has 1 aliphatic carbocycles. The fourth-order valence-electron chi connectivity index (χ4n) is 2.23. The van der Waals surface area contributed by atoms with Crippen LogP contribution in [0.25, 0.3) is 0 Å². The molecular weight excluding hydrogens is 190 g/mol. The number of rotatable bonds is 5. The summed E-state index contributed by atoms with van der Waals surface area (Å²) in [6, 6.07) is 0.132. The molecule has 0 aromatic carbocycles. The monoisotopic (exact) mass is 213 g/mol. The maximum atomic E-state index is 10.7. The van der Waals surface area contributed by atoms with Crippen LogP contribution >= 0.6 is 0 Å². The number of hydrogen-bond acceptors (Lipinski definition) is 3. The fourth-order valence-corrected chi connectivity index (χ4v) is 2.23. The maximum absolute atomic E-state index is 10.7. The molecular formula is C11H23N3O. The van der Waals surface area contributed by atoms with E-state index in [2.05, 4.69) is 24.3 Å². The lowest BCUT2D eigenvalue weighted by molar-refractivity contribution is -0.119. The second kappa shape index (κ2) is 5.47. The summed E-state index contributed by atoms with van der Waals surface area (Å²) in [6.07, 6.45) is 2.41. The van der Waals surface area contributed by atoms with Gasteiger partial charge in [-0.1, -0.05) is 0 Å². The van der Waals surface area contributed by atoms with E-state index in [1.165, 1.54) is 19.8 Å². The summed E-state index contributed by atoms with van der Waals surface area (Å²) >= 11 is 0. The molecule has 88 valence electrons. The van der Waals surface area contributed by atoms with Crippen molar-refractivity contribution in [2.45, 2.75) is 25.8 Å². The van der Waals surface area contributed by atoms with E-state index in [4.69, 9.17) is 5.73 Å². The molecule has 0 aromatic rings. The van der Waals surface area contributed by atoms with Gasteiger partial charge >= 0.3 is 0 Å². The van der Waals surface area contributed by atoms with E-state index in [1.54, 1.807) is 0 Å². The third-order valence-corrected chi connectivity index (χ3v) is 3.09. The highest BCUT2D eigenvalue weighted by molar-refractivity contribution is 5.72. The van der Waals surface area contributed by atoms with Crippen LogP contribution in [0.3, 0.4) is 0 Å². The summed E-state index contributed by atoms with van der Waals surface area (Å²) in [5.41, 5.74) is 5.99. The van der Waals surface area contributed by atoms with Crippen molar-refractivity contribution in [2.75, 3.05) is 27.2 Å². The lowest BCUT2D eigenvalue weighted by atomic mass is 9.71. The molecule has 0 bridgehead atoms. The topological polar surface area (TPSA) is 58.4 Å². The molecule has 3 N–H and O–H groups in total. The number of carbonyl (C=O) groups is 1. The molecule has 1 atom stereocenters. The van der Waals surface area contributed by atoms with Crippen LogP contribution in [0, 0.1) is 11.8 Å².